The first-order valence-electron chi connectivity index (χ1n) is 9.59. The summed E-state index contributed by atoms with van der Waals surface area (Å²) in [6, 6.07) is 5.37. The molecule has 5 nitrogen and oxygen atoms in total. The first-order chi connectivity index (χ1) is 12.7. The number of carbonyl (C=O) groups is 1. The number of hydrogen-bond acceptors (Lipinski definition) is 4. The Morgan fingerprint density at radius 2 is 1.69 bits per heavy atom. The summed E-state index contributed by atoms with van der Waals surface area (Å²) in [6.45, 7) is 4.68. The summed E-state index contributed by atoms with van der Waals surface area (Å²) < 4.78 is 10.6. The highest BCUT2D eigenvalue weighted by Gasteiger charge is 2.36. The summed E-state index contributed by atoms with van der Waals surface area (Å²) >= 11 is 0. The van der Waals surface area contributed by atoms with Crippen molar-refractivity contribution < 1.29 is 14.3 Å². The molecule has 1 aromatic rings. The smallest absolute Gasteiger partial charge is 0.254 e. The fraction of sp³-hybridized carbons (Fsp3) is 0.571. The molecule has 3 aliphatic rings. The second-order valence-corrected chi connectivity index (χ2v) is 7.73. The zero-order valence-corrected chi connectivity index (χ0v) is 15.7. The Kier molecular flexibility index (Phi) is 4.90. The minimum absolute atomic E-state index is 0.0599. The van der Waals surface area contributed by atoms with Gasteiger partial charge in [0.05, 0.1) is 14.2 Å². The lowest BCUT2D eigenvalue weighted by Gasteiger charge is -2.37. The number of hydrogen-bond donors (Lipinski definition) is 0. The molecule has 2 aliphatic carbocycles. The molecule has 140 valence electrons. The lowest BCUT2D eigenvalue weighted by Crippen LogP contribution is -2.50. The highest BCUT2D eigenvalue weighted by molar-refractivity contribution is 5.95. The average Bonchev–Trinajstić information content (AvgIpc) is 3.30. The third-order valence-electron chi connectivity index (χ3n) is 6.17. The minimum atomic E-state index is 0.0599. The van der Waals surface area contributed by atoms with Crippen LogP contribution in [0.2, 0.25) is 0 Å². The van der Waals surface area contributed by atoms with Crippen molar-refractivity contribution in [1.82, 2.24) is 9.80 Å². The number of nitrogens with zero attached hydrogens (tertiary/aromatic N) is 2. The molecule has 4 rings (SSSR count). The van der Waals surface area contributed by atoms with E-state index in [2.05, 4.69) is 17.1 Å². The van der Waals surface area contributed by atoms with Crippen molar-refractivity contribution in [3.63, 3.8) is 0 Å². The lowest BCUT2D eigenvalue weighted by atomic mass is 9.93. The van der Waals surface area contributed by atoms with Gasteiger partial charge in [0.15, 0.2) is 0 Å². The molecule has 1 amide bonds. The summed E-state index contributed by atoms with van der Waals surface area (Å²) in [6.07, 6.45) is 7.54. The zero-order valence-electron chi connectivity index (χ0n) is 15.7. The fourth-order valence-corrected chi connectivity index (χ4v) is 4.68. The van der Waals surface area contributed by atoms with Gasteiger partial charge in [-0.15, -0.1) is 0 Å². The lowest BCUT2D eigenvalue weighted by molar-refractivity contribution is 0.0609. The third kappa shape index (κ3) is 3.45. The predicted molar refractivity (Wildman–Crippen MR) is 101 cm³/mol. The minimum Gasteiger partial charge on any atom is -0.497 e. The van der Waals surface area contributed by atoms with E-state index in [1.807, 2.05) is 4.90 Å². The van der Waals surface area contributed by atoms with Crippen LogP contribution in [0.1, 0.15) is 23.2 Å². The van der Waals surface area contributed by atoms with Crippen molar-refractivity contribution in [2.45, 2.75) is 12.8 Å². The summed E-state index contributed by atoms with van der Waals surface area (Å²) in [5.74, 6) is 3.80. The fourth-order valence-electron chi connectivity index (χ4n) is 4.68. The number of piperazine rings is 1. The molecule has 1 aliphatic heterocycles. The standard InChI is InChI=1S/C21H28N2O3/c1-25-19-11-17(12-20(13-19)26-2)21(24)23-7-5-22(6-8-23)14-18-10-15-3-4-16(18)9-15/h3-4,11-13,15-16,18H,5-10,14H2,1-2H3/t15-,16-,18+/m0/s1. The average molecular weight is 356 g/mol. The van der Waals surface area contributed by atoms with Crippen LogP contribution in [0.15, 0.2) is 30.4 Å². The molecule has 5 heteroatoms. The van der Waals surface area contributed by atoms with Gasteiger partial charge in [-0.1, -0.05) is 12.2 Å². The molecule has 0 radical (unpaired) electrons. The van der Waals surface area contributed by atoms with Gasteiger partial charge in [0.1, 0.15) is 11.5 Å². The molecule has 0 unspecified atom stereocenters. The van der Waals surface area contributed by atoms with E-state index in [-0.39, 0.29) is 5.91 Å². The van der Waals surface area contributed by atoms with Gasteiger partial charge in [-0.3, -0.25) is 9.69 Å². The van der Waals surface area contributed by atoms with Crippen LogP contribution in [0.4, 0.5) is 0 Å². The number of fused-ring (bicyclic) bond motifs is 2. The Morgan fingerprint density at radius 3 is 2.23 bits per heavy atom. The highest BCUT2D eigenvalue weighted by Crippen LogP contribution is 2.43. The third-order valence-corrected chi connectivity index (χ3v) is 6.17. The number of amides is 1. The van der Waals surface area contributed by atoms with Crippen molar-refractivity contribution in [3.8, 4) is 11.5 Å². The van der Waals surface area contributed by atoms with Gasteiger partial charge in [0.2, 0.25) is 0 Å². The van der Waals surface area contributed by atoms with Crippen LogP contribution in [0, 0.1) is 17.8 Å². The Balaban J connectivity index is 1.34. The van der Waals surface area contributed by atoms with Gasteiger partial charge in [-0.05, 0) is 42.7 Å². The molecule has 1 aromatic carbocycles. The van der Waals surface area contributed by atoms with Gasteiger partial charge in [-0.2, -0.15) is 0 Å². The normalized spacial score (nSPS) is 27.8. The van der Waals surface area contributed by atoms with Crippen molar-refractivity contribution in [2.75, 3.05) is 46.9 Å². The SMILES string of the molecule is COc1cc(OC)cc(C(=O)N2CCN(C[C@H]3C[C@H]4C=C[C@H]3C4)CC2)c1. The van der Waals surface area contributed by atoms with Crippen molar-refractivity contribution in [3.05, 3.63) is 35.9 Å². The predicted octanol–water partition coefficient (Wildman–Crippen LogP) is 2.67. The molecule has 2 fully saturated rings. The number of ether oxygens (including phenoxy) is 2. The second-order valence-electron chi connectivity index (χ2n) is 7.73. The molecular weight excluding hydrogens is 328 g/mol. The van der Waals surface area contributed by atoms with Crippen LogP contribution in [-0.2, 0) is 0 Å². The molecular formula is C21H28N2O3. The maximum atomic E-state index is 12.9. The molecule has 2 bridgehead atoms. The van der Waals surface area contributed by atoms with Crippen molar-refractivity contribution in [2.24, 2.45) is 17.8 Å². The van der Waals surface area contributed by atoms with Crippen molar-refractivity contribution >= 4 is 5.91 Å². The zero-order chi connectivity index (χ0) is 18.1. The molecule has 1 heterocycles. The van der Waals surface area contributed by atoms with E-state index in [1.165, 1.54) is 19.4 Å². The summed E-state index contributed by atoms with van der Waals surface area (Å²) in [5, 5.41) is 0. The van der Waals surface area contributed by atoms with Crippen LogP contribution < -0.4 is 9.47 Å². The maximum Gasteiger partial charge on any atom is 0.254 e. The van der Waals surface area contributed by atoms with Gasteiger partial charge in [-0.25, -0.2) is 0 Å². The Morgan fingerprint density at radius 1 is 1.00 bits per heavy atom. The number of carbonyl (C=O) groups excluding carboxylic acids is 1. The molecule has 1 saturated heterocycles. The van der Waals surface area contributed by atoms with Gasteiger partial charge >= 0.3 is 0 Å². The van der Waals surface area contributed by atoms with Crippen LogP contribution in [-0.4, -0.2) is 62.7 Å². The highest BCUT2D eigenvalue weighted by atomic mass is 16.5. The maximum absolute atomic E-state index is 12.9. The quantitative estimate of drug-likeness (QED) is 0.761. The van der Waals surface area contributed by atoms with Gasteiger partial charge < -0.3 is 14.4 Å². The van der Waals surface area contributed by atoms with Crippen molar-refractivity contribution in [1.29, 1.82) is 0 Å². The Bertz CT molecular complexity index is 672. The van der Waals surface area contributed by atoms with E-state index < -0.39 is 0 Å². The van der Waals surface area contributed by atoms with Crippen LogP contribution >= 0.6 is 0 Å². The van der Waals surface area contributed by atoms with E-state index in [9.17, 15) is 4.79 Å². The Hall–Kier alpha value is -2.01. The van der Waals surface area contributed by atoms with E-state index >= 15 is 0 Å². The first kappa shape index (κ1) is 17.4. The van der Waals surface area contributed by atoms with Gasteiger partial charge in [0.25, 0.3) is 5.91 Å². The molecule has 3 atom stereocenters. The van der Waals surface area contributed by atoms with Crippen LogP contribution in [0.3, 0.4) is 0 Å². The van der Waals surface area contributed by atoms with Gasteiger partial charge in [0, 0.05) is 44.4 Å². The largest absolute Gasteiger partial charge is 0.497 e. The molecule has 0 N–H and O–H groups in total. The summed E-state index contributed by atoms with van der Waals surface area (Å²) in [4.78, 5) is 17.4. The second kappa shape index (κ2) is 7.31. The number of allylic oxidation sites excluding steroid dienone is 2. The molecule has 0 spiro atoms. The summed E-state index contributed by atoms with van der Waals surface area (Å²) in [5.41, 5.74) is 0.632. The monoisotopic (exact) mass is 356 g/mol. The van der Waals surface area contributed by atoms with E-state index in [4.69, 9.17) is 9.47 Å². The van der Waals surface area contributed by atoms with E-state index in [1.54, 1.807) is 32.4 Å². The van der Waals surface area contributed by atoms with Crippen LogP contribution in [0.5, 0.6) is 11.5 Å². The molecule has 26 heavy (non-hydrogen) atoms. The van der Waals surface area contributed by atoms with E-state index in [0.717, 1.165) is 43.9 Å². The summed E-state index contributed by atoms with van der Waals surface area (Å²) in [7, 11) is 3.21. The van der Waals surface area contributed by atoms with Crippen LogP contribution in [0.25, 0.3) is 0 Å². The Labute approximate surface area is 155 Å². The first-order valence-corrected chi connectivity index (χ1v) is 9.59. The number of methoxy groups -OCH3 is 2. The number of benzene rings is 1. The topological polar surface area (TPSA) is 42.0 Å². The molecule has 0 aromatic heterocycles. The molecule has 1 saturated carbocycles. The number of rotatable bonds is 5. The van der Waals surface area contributed by atoms with E-state index in [0.29, 0.717) is 17.1 Å².